The quantitative estimate of drug-likeness (QED) is 0.820. The zero-order valence-electron chi connectivity index (χ0n) is 12.5. The second-order valence-corrected chi connectivity index (χ2v) is 5.64. The van der Waals surface area contributed by atoms with E-state index in [9.17, 15) is 9.59 Å². The van der Waals surface area contributed by atoms with Crippen molar-refractivity contribution >= 4 is 28.2 Å². The fourth-order valence-corrected chi connectivity index (χ4v) is 2.55. The largest absolute Gasteiger partial charge is 0.462 e. The summed E-state index contributed by atoms with van der Waals surface area (Å²) in [6.07, 6.45) is 0.560. The predicted octanol–water partition coefficient (Wildman–Crippen LogP) is 2.99. The maximum atomic E-state index is 12.2. The number of carbonyl (C=O) groups is 2. The van der Waals surface area contributed by atoms with Crippen LogP contribution in [0.3, 0.4) is 0 Å². The van der Waals surface area contributed by atoms with Crippen LogP contribution < -0.4 is 5.32 Å². The number of anilines is 1. The molecule has 0 aliphatic heterocycles. The topological polar surface area (TPSA) is 64.6 Å². The normalized spacial score (nSPS) is 13.7. The Morgan fingerprint density at radius 2 is 2.05 bits per heavy atom. The van der Waals surface area contributed by atoms with Gasteiger partial charge < -0.3 is 14.8 Å². The molecule has 1 unspecified atom stereocenters. The Morgan fingerprint density at radius 3 is 2.55 bits per heavy atom. The number of amides is 1. The first-order chi connectivity index (χ1) is 9.37. The molecule has 0 spiro atoms. The molecule has 1 aromatic heterocycles. The molecule has 1 amide bonds. The lowest BCUT2D eigenvalue weighted by Gasteiger charge is -2.24. The van der Waals surface area contributed by atoms with E-state index in [4.69, 9.17) is 9.47 Å². The SMILES string of the molecule is CCOC(=O)c1sc(NC(=O)C(C)(CC)OC)cc1C. The van der Waals surface area contributed by atoms with Crippen LogP contribution in [0.5, 0.6) is 0 Å². The Bertz CT molecular complexity index is 491. The molecule has 5 nitrogen and oxygen atoms in total. The Hall–Kier alpha value is -1.40. The maximum Gasteiger partial charge on any atom is 0.348 e. The van der Waals surface area contributed by atoms with Crippen LogP contribution in [0.25, 0.3) is 0 Å². The highest BCUT2D eigenvalue weighted by atomic mass is 32.1. The highest BCUT2D eigenvalue weighted by molar-refractivity contribution is 7.18. The first-order valence-electron chi connectivity index (χ1n) is 6.52. The summed E-state index contributed by atoms with van der Waals surface area (Å²) in [6, 6.07) is 1.76. The molecule has 6 heteroatoms. The molecular weight excluding hydrogens is 278 g/mol. The highest BCUT2D eigenvalue weighted by Gasteiger charge is 2.31. The lowest BCUT2D eigenvalue weighted by atomic mass is 10.0. The Kier molecular flexibility index (Phi) is 5.71. The van der Waals surface area contributed by atoms with Crippen LogP contribution >= 0.6 is 11.3 Å². The molecule has 1 atom stereocenters. The second kappa shape index (κ2) is 6.85. The first kappa shape index (κ1) is 16.7. The molecule has 0 saturated heterocycles. The van der Waals surface area contributed by atoms with Crippen LogP contribution in [0.1, 0.15) is 42.4 Å². The van der Waals surface area contributed by atoms with E-state index in [2.05, 4.69) is 5.32 Å². The van der Waals surface area contributed by atoms with Gasteiger partial charge in [0.25, 0.3) is 5.91 Å². The van der Waals surface area contributed by atoms with Gasteiger partial charge in [-0.2, -0.15) is 0 Å². The average Bonchev–Trinajstić information content (AvgIpc) is 2.78. The first-order valence-corrected chi connectivity index (χ1v) is 7.33. The van der Waals surface area contributed by atoms with E-state index in [1.54, 1.807) is 19.9 Å². The number of aryl methyl sites for hydroxylation is 1. The lowest BCUT2D eigenvalue weighted by molar-refractivity contribution is -0.136. The van der Waals surface area contributed by atoms with Crippen molar-refractivity contribution in [3.63, 3.8) is 0 Å². The van der Waals surface area contributed by atoms with Crippen molar-refractivity contribution in [3.05, 3.63) is 16.5 Å². The molecule has 0 saturated carbocycles. The molecular formula is C14H21NO4S. The fraction of sp³-hybridized carbons (Fsp3) is 0.571. The van der Waals surface area contributed by atoms with E-state index in [-0.39, 0.29) is 11.9 Å². The van der Waals surface area contributed by atoms with Crippen molar-refractivity contribution in [1.29, 1.82) is 0 Å². The minimum atomic E-state index is -0.873. The summed E-state index contributed by atoms with van der Waals surface area (Å²) in [5, 5.41) is 3.41. The van der Waals surface area contributed by atoms with Crippen LogP contribution in [-0.2, 0) is 14.3 Å². The van der Waals surface area contributed by atoms with E-state index in [1.807, 2.05) is 13.8 Å². The summed E-state index contributed by atoms with van der Waals surface area (Å²) in [5.74, 6) is -0.584. The van der Waals surface area contributed by atoms with Gasteiger partial charge in [-0.1, -0.05) is 6.92 Å². The van der Waals surface area contributed by atoms with Crippen LogP contribution in [0, 0.1) is 6.92 Å². The molecule has 0 fully saturated rings. The third kappa shape index (κ3) is 3.58. The summed E-state index contributed by atoms with van der Waals surface area (Å²) in [6.45, 7) is 7.51. The van der Waals surface area contributed by atoms with E-state index in [0.29, 0.717) is 22.9 Å². The van der Waals surface area contributed by atoms with Gasteiger partial charge in [-0.25, -0.2) is 4.79 Å². The monoisotopic (exact) mass is 299 g/mol. The van der Waals surface area contributed by atoms with Crippen LogP contribution in [-0.4, -0.2) is 31.2 Å². The van der Waals surface area contributed by atoms with Gasteiger partial charge in [-0.15, -0.1) is 11.3 Å². The minimum absolute atomic E-state index is 0.223. The third-order valence-electron chi connectivity index (χ3n) is 3.22. The molecule has 20 heavy (non-hydrogen) atoms. The molecule has 0 aliphatic rings. The van der Waals surface area contributed by atoms with Gasteiger partial charge in [0.05, 0.1) is 11.6 Å². The summed E-state index contributed by atoms with van der Waals surface area (Å²) >= 11 is 1.21. The number of hydrogen-bond donors (Lipinski definition) is 1. The summed E-state index contributed by atoms with van der Waals surface area (Å²) in [5.41, 5.74) is -0.0819. The standard InChI is InChI=1S/C14H21NO4S/c1-6-14(4,18-5)13(17)15-10-8-9(3)11(20-10)12(16)19-7-2/h8H,6-7H2,1-5H3,(H,15,17). The molecule has 1 heterocycles. The summed E-state index contributed by atoms with van der Waals surface area (Å²) in [7, 11) is 1.51. The van der Waals surface area contributed by atoms with Crippen molar-refractivity contribution in [2.45, 2.75) is 39.7 Å². The highest BCUT2D eigenvalue weighted by Crippen LogP contribution is 2.28. The van der Waals surface area contributed by atoms with Crippen LogP contribution in [0.2, 0.25) is 0 Å². The van der Waals surface area contributed by atoms with E-state index < -0.39 is 5.60 Å². The Labute approximate surface area is 123 Å². The van der Waals surface area contributed by atoms with Gasteiger partial charge in [0.15, 0.2) is 0 Å². The van der Waals surface area contributed by atoms with E-state index >= 15 is 0 Å². The van der Waals surface area contributed by atoms with Crippen molar-refractivity contribution in [1.82, 2.24) is 0 Å². The Balaban J connectivity index is 2.87. The molecule has 1 N–H and O–H groups in total. The molecule has 1 rings (SSSR count). The van der Waals surface area contributed by atoms with Gasteiger partial charge in [0, 0.05) is 7.11 Å². The zero-order chi connectivity index (χ0) is 15.3. The van der Waals surface area contributed by atoms with Crippen molar-refractivity contribution in [2.24, 2.45) is 0 Å². The van der Waals surface area contributed by atoms with Crippen LogP contribution in [0.15, 0.2) is 6.07 Å². The van der Waals surface area contributed by atoms with Crippen molar-refractivity contribution in [2.75, 3.05) is 19.0 Å². The molecule has 1 aromatic rings. The van der Waals surface area contributed by atoms with Gasteiger partial charge in [0.1, 0.15) is 10.5 Å². The average molecular weight is 299 g/mol. The number of esters is 1. The Morgan fingerprint density at radius 1 is 1.40 bits per heavy atom. The summed E-state index contributed by atoms with van der Waals surface area (Å²) in [4.78, 5) is 24.4. The predicted molar refractivity (Wildman–Crippen MR) is 79.3 cm³/mol. The summed E-state index contributed by atoms with van der Waals surface area (Å²) < 4.78 is 10.2. The fourth-order valence-electron chi connectivity index (χ4n) is 1.58. The number of ether oxygens (including phenoxy) is 2. The molecule has 0 radical (unpaired) electrons. The minimum Gasteiger partial charge on any atom is -0.462 e. The number of thiophene rings is 1. The number of nitrogens with one attached hydrogen (secondary N) is 1. The molecule has 0 aliphatic carbocycles. The van der Waals surface area contributed by atoms with Crippen LogP contribution in [0.4, 0.5) is 5.00 Å². The molecule has 0 bridgehead atoms. The number of methoxy groups -OCH3 is 1. The second-order valence-electron chi connectivity index (χ2n) is 4.59. The maximum absolute atomic E-state index is 12.2. The van der Waals surface area contributed by atoms with Gasteiger partial charge in [-0.05, 0) is 38.8 Å². The number of hydrogen-bond acceptors (Lipinski definition) is 5. The van der Waals surface area contributed by atoms with Crippen molar-refractivity contribution in [3.8, 4) is 0 Å². The zero-order valence-corrected chi connectivity index (χ0v) is 13.3. The van der Waals surface area contributed by atoms with E-state index in [0.717, 1.165) is 5.56 Å². The number of carbonyl (C=O) groups excluding carboxylic acids is 2. The lowest BCUT2D eigenvalue weighted by Crippen LogP contribution is -2.41. The van der Waals surface area contributed by atoms with Crippen molar-refractivity contribution < 1.29 is 19.1 Å². The number of rotatable bonds is 6. The van der Waals surface area contributed by atoms with Gasteiger partial charge in [-0.3, -0.25) is 4.79 Å². The third-order valence-corrected chi connectivity index (χ3v) is 4.35. The smallest absolute Gasteiger partial charge is 0.348 e. The molecule has 112 valence electrons. The van der Waals surface area contributed by atoms with Gasteiger partial charge >= 0.3 is 5.97 Å². The van der Waals surface area contributed by atoms with Gasteiger partial charge in [0.2, 0.25) is 0 Å². The van der Waals surface area contributed by atoms with E-state index in [1.165, 1.54) is 18.4 Å². The molecule has 0 aromatic carbocycles.